The summed E-state index contributed by atoms with van der Waals surface area (Å²) in [6.45, 7) is 9.48. The second-order valence-electron chi connectivity index (χ2n) is 5.53. The van der Waals surface area contributed by atoms with Crippen LogP contribution in [-0.4, -0.2) is 41.6 Å². The predicted octanol–water partition coefficient (Wildman–Crippen LogP) is 2.74. The Morgan fingerprint density at radius 2 is 1.95 bits per heavy atom. The first-order valence-electron chi connectivity index (χ1n) is 7.47. The molecular weight excluding hydrogens is 268 g/mol. The number of nitrogens with zero attached hydrogens (tertiary/aromatic N) is 1. The molecule has 0 aromatic heterocycles. The van der Waals surface area contributed by atoms with Crippen molar-refractivity contribution in [3.63, 3.8) is 0 Å². The molecule has 2 rings (SSSR count). The van der Waals surface area contributed by atoms with Crippen molar-refractivity contribution in [1.82, 2.24) is 4.90 Å². The first-order valence-corrected chi connectivity index (χ1v) is 8.42. The molecular formula is C16H26N2OS. The Morgan fingerprint density at radius 3 is 2.65 bits per heavy atom. The highest BCUT2D eigenvalue weighted by molar-refractivity contribution is 8.00. The maximum Gasteiger partial charge on any atom is 0.123 e. The number of ether oxygens (including phenoxy) is 1. The van der Waals surface area contributed by atoms with Crippen molar-refractivity contribution in [3.8, 4) is 5.75 Å². The molecule has 112 valence electrons. The van der Waals surface area contributed by atoms with E-state index < -0.39 is 0 Å². The summed E-state index contributed by atoms with van der Waals surface area (Å²) >= 11 is 2.10. The molecule has 2 N–H and O–H groups in total. The van der Waals surface area contributed by atoms with Gasteiger partial charge in [-0.3, -0.25) is 0 Å². The number of benzene rings is 1. The van der Waals surface area contributed by atoms with Crippen LogP contribution in [0.5, 0.6) is 5.75 Å². The topological polar surface area (TPSA) is 38.5 Å². The van der Waals surface area contributed by atoms with Crippen molar-refractivity contribution in [2.24, 2.45) is 5.73 Å². The number of nitrogens with two attached hydrogens (primary N) is 1. The summed E-state index contributed by atoms with van der Waals surface area (Å²) in [4.78, 5) is 2.56. The van der Waals surface area contributed by atoms with E-state index in [1.165, 1.54) is 13.1 Å². The van der Waals surface area contributed by atoms with Gasteiger partial charge >= 0.3 is 0 Å². The molecule has 1 fully saturated rings. The van der Waals surface area contributed by atoms with E-state index >= 15 is 0 Å². The Kier molecular flexibility index (Phi) is 6.20. The lowest BCUT2D eigenvalue weighted by Gasteiger charge is -2.34. The van der Waals surface area contributed by atoms with Crippen LogP contribution in [-0.2, 0) is 6.54 Å². The Morgan fingerprint density at radius 1 is 1.25 bits per heavy atom. The minimum atomic E-state index is 0.536. The van der Waals surface area contributed by atoms with E-state index in [2.05, 4.69) is 30.5 Å². The van der Waals surface area contributed by atoms with Crippen molar-refractivity contribution >= 4 is 11.8 Å². The Balaban J connectivity index is 1.71. The Bertz CT molecular complexity index is 403. The quantitative estimate of drug-likeness (QED) is 0.819. The molecule has 1 aliphatic heterocycles. The number of thioether (sulfide) groups is 1. The molecule has 0 bridgehead atoms. The molecule has 0 spiro atoms. The molecule has 3 nitrogen and oxygen atoms in total. The second kappa shape index (κ2) is 7.91. The summed E-state index contributed by atoms with van der Waals surface area (Å²) in [5.41, 5.74) is 6.80. The lowest BCUT2D eigenvalue weighted by atomic mass is 10.2. The van der Waals surface area contributed by atoms with E-state index in [1.54, 1.807) is 0 Å². The molecule has 4 heteroatoms. The molecule has 0 saturated carbocycles. The molecule has 1 aliphatic rings. The molecule has 1 saturated heterocycles. The summed E-state index contributed by atoms with van der Waals surface area (Å²) in [5, 5.41) is 1.50. The normalized spacial score (nSPS) is 23.8. The SMILES string of the molecule is CC1CN(CCCOc2ccccc2CN)CC(C)S1. The summed E-state index contributed by atoms with van der Waals surface area (Å²) in [7, 11) is 0. The summed E-state index contributed by atoms with van der Waals surface area (Å²) in [5.74, 6) is 0.936. The van der Waals surface area contributed by atoms with E-state index in [0.717, 1.165) is 41.4 Å². The van der Waals surface area contributed by atoms with E-state index in [1.807, 2.05) is 24.3 Å². The molecule has 1 aromatic carbocycles. The minimum Gasteiger partial charge on any atom is -0.493 e. The fraction of sp³-hybridized carbons (Fsp3) is 0.625. The van der Waals surface area contributed by atoms with Gasteiger partial charge in [-0.05, 0) is 12.5 Å². The van der Waals surface area contributed by atoms with Crippen LogP contribution in [0.1, 0.15) is 25.8 Å². The largest absolute Gasteiger partial charge is 0.493 e. The lowest BCUT2D eigenvalue weighted by molar-refractivity contribution is 0.231. The third-order valence-corrected chi connectivity index (χ3v) is 4.79. The molecule has 1 heterocycles. The number of para-hydroxylation sites is 1. The van der Waals surface area contributed by atoms with E-state index in [9.17, 15) is 0 Å². The highest BCUT2D eigenvalue weighted by Gasteiger charge is 2.21. The zero-order chi connectivity index (χ0) is 14.4. The van der Waals surface area contributed by atoms with Crippen LogP contribution in [0.15, 0.2) is 24.3 Å². The molecule has 0 aliphatic carbocycles. The maximum absolute atomic E-state index is 5.86. The molecule has 20 heavy (non-hydrogen) atoms. The minimum absolute atomic E-state index is 0.536. The number of hydrogen-bond acceptors (Lipinski definition) is 4. The van der Waals surface area contributed by atoms with Crippen LogP contribution in [0.3, 0.4) is 0 Å². The standard InChI is InChI=1S/C16H26N2OS/c1-13-11-18(12-14(2)20-13)8-5-9-19-16-7-4-3-6-15(16)10-17/h3-4,6-7,13-14H,5,8-12,17H2,1-2H3. The van der Waals surface area contributed by atoms with E-state index in [4.69, 9.17) is 10.5 Å². The van der Waals surface area contributed by atoms with Gasteiger partial charge in [0.15, 0.2) is 0 Å². The molecule has 0 amide bonds. The van der Waals surface area contributed by atoms with Crippen LogP contribution < -0.4 is 10.5 Å². The van der Waals surface area contributed by atoms with Crippen molar-refractivity contribution in [3.05, 3.63) is 29.8 Å². The maximum atomic E-state index is 5.86. The predicted molar refractivity (Wildman–Crippen MR) is 87.4 cm³/mol. The van der Waals surface area contributed by atoms with Crippen molar-refractivity contribution in [1.29, 1.82) is 0 Å². The highest BCUT2D eigenvalue weighted by Crippen LogP contribution is 2.24. The summed E-state index contributed by atoms with van der Waals surface area (Å²) in [6.07, 6.45) is 1.07. The van der Waals surface area contributed by atoms with Crippen LogP contribution >= 0.6 is 11.8 Å². The first kappa shape index (κ1) is 15.7. The summed E-state index contributed by atoms with van der Waals surface area (Å²) in [6, 6.07) is 8.04. The Labute approximate surface area is 126 Å². The van der Waals surface area contributed by atoms with Gasteiger partial charge < -0.3 is 15.4 Å². The molecule has 0 radical (unpaired) electrons. The van der Waals surface area contributed by atoms with E-state index in [-0.39, 0.29) is 0 Å². The molecule has 2 atom stereocenters. The van der Waals surface area contributed by atoms with Crippen LogP contribution in [0.2, 0.25) is 0 Å². The lowest BCUT2D eigenvalue weighted by Crippen LogP contribution is -2.41. The average Bonchev–Trinajstić information content (AvgIpc) is 2.43. The van der Waals surface area contributed by atoms with Crippen molar-refractivity contribution in [2.45, 2.75) is 37.3 Å². The zero-order valence-electron chi connectivity index (χ0n) is 12.5. The fourth-order valence-corrected chi connectivity index (χ4v) is 4.14. The number of hydrogen-bond donors (Lipinski definition) is 1. The van der Waals surface area contributed by atoms with Gasteiger partial charge in [0.25, 0.3) is 0 Å². The van der Waals surface area contributed by atoms with Crippen LogP contribution in [0, 0.1) is 0 Å². The van der Waals surface area contributed by atoms with Crippen LogP contribution in [0.4, 0.5) is 0 Å². The highest BCUT2D eigenvalue weighted by atomic mass is 32.2. The third-order valence-electron chi connectivity index (χ3n) is 3.56. The average molecular weight is 294 g/mol. The van der Waals surface area contributed by atoms with Gasteiger partial charge in [-0.2, -0.15) is 11.8 Å². The van der Waals surface area contributed by atoms with Crippen LogP contribution in [0.25, 0.3) is 0 Å². The van der Waals surface area contributed by atoms with E-state index in [0.29, 0.717) is 6.54 Å². The first-order chi connectivity index (χ1) is 9.69. The van der Waals surface area contributed by atoms with Gasteiger partial charge in [-0.15, -0.1) is 0 Å². The van der Waals surface area contributed by atoms with Gasteiger partial charge in [0, 0.05) is 42.2 Å². The smallest absolute Gasteiger partial charge is 0.123 e. The fourth-order valence-electron chi connectivity index (χ4n) is 2.75. The van der Waals surface area contributed by atoms with Crippen molar-refractivity contribution in [2.75, 3.05) is 26.2 Å². The Hall–Kier alpha value is -0.710. The zero-order valence-corrected chi connectivity index (χ0v) is 13.4. The number of rotatable bonds is 6. The molecule has 1 aromatic rings. The van der Waals surface area contributed by atoms with Gasteiger partial charge in [0.1, 0.15) is 5.75 Å². The van der Waals surface area contributed by atoms with Gasteiger partial charge in [0.2, 0.25) is 0 Å². The van der Waals surface area contributed by atoms with Gasteiger partial charge in [-0.1, -0.05) is 32.0 Å². The summed E-state index contributed by atoms with van der Waals surface area (Å²) < 4.78 is 5.86. The van der Waals surface area contributed by atoms with Crippen molar-refractivity contribution < 1.29 is 4.74 Å². The second-order valence-corrected chi connectivity index (χ2v) is 7.41. The monoisotopic (exact) mass is 294 g/mol. The van der Waals surface area contributed by atoms with Gasteiger partial charge in [0.05, 0.1) is 6.61 Å². The molecule has 2 unspecified atom stereocenters. The van der Waals surface area contributed by atoms with Gasteiger partial charge in [-0.25, -0.2) is 0 Å². The third kappa shape index (κ3) is 4.69.